The van der Waals surface area contributed by atoms with Crippen LogP contribution in [0, 0.1) is 5.82 Å². The molecule has 0 spiro atoms. The highest BCUT2D eigenvalue weighted by Crippen LogP contribution is 2.07. The van der Waals surface area contributed by atoms with Crippen molar-refractivity contribution in [3.8, 4) is 0 Å². The molecule has 0 heterocycles. The third-order valence-corrected chi connectivity index (χ3v) is 2.35. The Morgan fingerprint density at radius 2 is 1.89 bits per heavy atom. The van der Waals surface area contributed by atoms with Crippen LogP contribution < -0.4 is 0 Å². The summed E-state index contributed by atoms with van der Waals surface area (Å²) in [6.45, 7) is 0. The molecule has 5 nitrogen and oxygen atoms in total. The fourth-order valence-corrected chi connectivity index (χ4v) is 1.44. The summed E-state index contributed by atoms with van der Waals surface area (Å²) in [6.07, 6.45) is 0.879. The van der Waals surface area contributed by atoms with E-state index in [1.54, 1.807) is 12.1 Å². The molecular weight excluding hydrogens is 239 g/mol. The molecule has 0 saturated heterocycles. The maximum Gasteiger partial charge on any atom is 0.441 e. The highest BCUT2D eigenvalue weighted by molar-refractivity contribution is 6.61. The largest absolute Gasteiger partial charge is 0.472 e. The first-order valence-electron chi connectivity index (χ1n) is 5.27. The molecular formula is C12H11FN2O3. The monoisotopic (exact) mass is 250 g/mol. The second-order valence-corrected chi connectivity index (χ2v) is 3.66. The van der Waals surface area contributed by atoms with E-state index in [4.69, 9.17) is 10.6 Å². The number of ketones is 1. The number of hydrogen-bond acceptors (Lipinski definition) is 2. The number of Topliss-reactive ketones (excluding diaryl/α,β-unsaturated/α-hetero) is 1. The van der Waals surface area contributed by atoms with Gasteiger partial charge in [0.05, 0.1) is 0 Å². The second-order valence-electron chi connectivity index (χ2n) is 3.66. The fraction of sp³-hybridized carbons (Fsp3) is 0.250. The first-order valence-corrected chi connectivity index (χ1v) is 5.27. The molecule has 0 aliphatic heterocycles. The number of carboxylic acids is 1. The zero-order chi connectivity index (χ0) is 13.5. The van der Waals surface area contributed by atoms with Gasteiger partial charge in [-0.05, 0) is 30.5 Å². The number of aryl methyl sites for hydroxylation is 1. The molecule has 1 N–H and O–H groups in total. The molecule has 1 rings (SSSR count). The Kier molecular flexibility index (Phi) is 4.90. The number of aliphatic carboxylic acids is 1. The first kappa shape index (κ1) is 13.7. The number of nitrogens with zero attached hydrogens (tertiary/aromatic N) is 2. The molecule has 6 heteroatoms. The van der Waals surface area contributed by atoms with Gasteiger partial charge in [0.1, 0.15) is 5.82 Å². The fourth-order valence-electron chi connectivity index (χ4n) is 1.44. The van der Waals surface area contributed by atoms with Crippen LogP contribution >= 0.6 is 0 Å². The van der Waals surface area contributed by atoms with Gasteiger partial charge < -0.3 is 10.6 Å². The van der Waals surface area contributed by atoms with E-state index in [0.29, 0.717) is 12.8 Å². The standard InChI is InChI=1S/C12H11FN2O3/c13-9-6-4-8(5-7-9)2-1-3-10(16)11(15-14)12(17)18/h4-7H,1-3H2,(H,17,18). The Hall–Kier alpha value is -2.33. The summed E-state index contributed by atoms with van der Waals surface area (Å²) in [4.78, 5) is 24.3. The van der Waals surface area contributed by atoms with Gasteiger partial charge in [-0.15, -0.1) is 0 Å². The Bertz CT molecular complexity index is 505. The molecule has 0 amide bonds. The van der Waals surface area contributed by atoms with Gasteiger partial charge in [0.25, 0.3) is 5.78 Å². The molecule has 0 fully saturated rings. The molecule has 0 radical (unpaired) electrons. The first-order chi connectivity index (χ1) is 8.54. The van der Waals surface area contributed by atoms with E-state index in [1.807, 2.05) is 0 Å². The summed E-state index contributed by atoms with van der Waals surface area (Å²) in [6, 6.07) is 5.82. The van der Waals surface area contributed by atoms with E-state index >= 15 is 0 Å². The van der Waals surface area contributed by atoms with Crippen molar-refractivity contribution in [2.45, 2.75) is 19.3 Å². The number of carboxylic acid groups (broad SMARTS) is 1. The zero-order valence-electron chi connectivity index (χ0n) is 9.47. The average Bonchev–Trinajstić information content (AvgIpc) is 2.32. The highest BCUT2D eigenvalue weighted by atomic mass is 19.1. The van der Waals surface area contributed by atoms with Crippen LogP contribution in [-0.2, 0) is 16.0 Å². The van der Waals surface area contributed by atoms with Crippen molar-refractivity contribution >= 4 is 17.5 Å². The minimum atomic E-state index is -1.55. The van der Waals surface area contributed by atoms with Gasteiger partial charge in [0.2, 0.25) is 0 Å². The van der Waals surface area contributed by atoms with Crippen LogP contribution in [0.5, 0.6) is 0 Å². The molecule has 0 bridgehead atoms. The van der Waals surface area contributed by atoms with Crippen LogP contribution in [-0.4, -0.2) is 27.4 Å². The normalized spacial score (nSPS) is 9.61. The molecule has 0 unspecified atom stereocenters. The summed E-state index contributed by atoms with van der Waals surface area (Å²) >= 11 is 0. The van der Waals surface area contributed by atoms with Gasteiger partial charge in [-0.25, -0.2) is 9.18 Å². The zero-order valence-corrected chi connectivity index (χ0v) is 9.47. The number of carbonyl (C=O) groups excluding carboxylic acids is 1. The molecule has 0 aliphatic rings. The quantitative estimate of drug-likeness (QED) is 0.358. The van der Waals surface area contributed by atoms with E-state index in [1.165, 1.54) is 12.1 Å². The van der Waals surface area contributed by atoms with Crippen molar-refractivity contribution in [3.05, 3.63) is 41.2 Å². The molecule has 0 aliphatic carbocycles. The van der Waals surface area contributed by atoms with Crippen molar-refractivity contribution in [3.63, 3.8) is 0 Å². The van der Waals surface area contributed by atoms with Crippen LogP contribution in [0.3, 0.4) is 0 Å². The number of hydrogen-bond donors (Lipinski definition) is 1. The Morgan fingerprint density at radius 3 is 2.39 bits per heavy atom. The van der Waals surface area contributed by atoms with Crippen molar-refractivity contribution in [2.24, 2.45) is 0 Å². The van der Waals surface area contributed by atoms with Gasteiger partial charge in [0, 0.05) is 6.42 Å². The van der Waals surface area contributed by atoms with E-state index in [2.05, 4.69) is 4.79 Å². The summed E-state index contributed by atoms with van der Waals surface area (Å²) < 4.78 is 12.6. The molecule has 0 aromatic heterocycles. The predicted molar refractivity (Wildman–Crippen MR) is 60.6 cm³/mol. The molecule has 1 aromatic rings. The molecule has 0 atom stereocenters. The lowest BCUT2D eigenvalue weighted by Crippen LogP contribution is -2.24. The highest BCUT2D eigenvalue weighted by Gasteiger charge is 2.27. The lowest BCUT2D eigenvalue weighted by molar-refractivity contribution is -0.136. The summed E-state index contributed by atoms with van der Waals surface area (Å²) in [7, 11) is 0. The van der Waals surface area contributed by atoms with Gasteiger partial charge in [-0.2, -0.15) is 4.79 Å². The van der Waals surface area contributed by atoms with E-state index in [9.17, 15) is 14.0 Å². The van der Waals surface area contributed by atoms with Gasteiger partial charge in [-0.3, -0.25) is 4.79 Å². The summed E-state index contributed by atoms with van der Waals surface area (Å²) in [5, 5.41) is 8.54. The Labute approximate surface area is 102 Å². The van der Waals surface area contributed by atoms with Crippen molar-refractivity contribution in [2.75, 3.05) is 0 Å². The predicted octanol–water partition coefficient (Wildman–Crippen LogP) is 1.47. The Balaban J connectivity index is 2.47. The van der Waals surface area contributed by atoms with E-state index in [0.717, 1.165) is 5.56 Å². The van der Waals surface area contributed by atoms with Gasteiger partial charge in [0.15, 0.2) is 0 Å². The number of halogens is 1. The van der Waals surface area contributed by atoms with E-state index < -0.39 is 17.5 Å². The maximum absolute atomic E-state index is 12.6. The van der Waals surface area contributed by atoms with Crippen molar-refractivity contribution < 1.29 is 23.9 Å². The maximum atomic E-state index is 12.6. The molecule has 1 aromatic carbocycles. The topological polar surface area (TPSA) is 90.8 Å². The van der Waals surface area contributed by atoms with Crippen molar-refractivity contribution in [1.29, 1.82) is 0 Å². The minimum Gasteiger partial charge on any atom is -0.472 e. The van der Waals surface area contributed by atoms with Gasteiger partial charge in [-0.1, -0.05) is 12.1 Å². The smallest absolute Gasteiger partial charge is 0.441 e. The second kappa shape index (κ2) is 6.42. The Morgan fingerprint density at radius 1 is 1.28 bits per heavy atom. The number of benzene rings is 1. The lowest BCUT2D eigenvalue weighted by Gasteiger charge is -1.99. The van der Waals surface area contributed by atoms with Crippen LogP contribution in [0.4, 0.5) is 4.39 Å². The van der Waals surface area contributed by atoms with Gasteiger partial charge >= 0.3 is 11.7 Å². The molecule has 0 saturated carbocycles. The lowest BCUT2D eigenvalue weighted by atomic mass is 10.0. The van der Waals surface area contributed by atoms with Crippen molar-refractivity contribution in [1.82, 2.24) is 0 Å². The SMILES string of the molecule is [N-]=[N+]=C(C(=O)O)C(=O)CCCc1ccc(F)cc1. The minimum absolute atomic E-state index is 0.0386. The van der Waals surface area contributed by atoms with Crippen LogP contribution in [0.25, 0.3) is 5.53 Å². The summed E-state index contributed by atoms with van der Waals surface area (Å²) in [5.74, 6) is -2.62. The van der Waals surface area contributed by atoms with Crippen LogP contribution in [0.15, 0.2) is 24.3 Å². The molecule has 94 valence electrons. The van der Waals surface area contributed by atoms with E-state index in [-0.39, 0.29) is 12.2 Å². The summed E-state index contributed by atoms with van der Waals surface area (Å²) in [5.41, 5.74) is 8.34. The third kappa shape index (κ3) is 3.92. The van der Waals surface area contributed by atoms with Crippen LogP contribution in [0.1, 0.15) is 18.4 Å². The average molecular weight is 250 g/mol. The number of rotatable bonds is 6. The third-order valence-electron chi connectivity index (χ3n) is 2.35. The molecule has 18 heavy (non-hydrogen) atoms. The number of carbonyl (C=O) groups is 2. The van der Waals surface area contributed by atoms with Crippen LogP contribution in [0.2, 0.25) is 0 Å².